The van der Waals surface area contributed by atoms with E-state index in [1.165, 1.54) is 31.9 Å². The fourth-order valence-electron chi connectivity index (χ4n) is 2.72. The summed E-state index contributed by atoms with van der Waals surface area (Å²) in [6.45, 7) is 3.73. The average Bonchev–Trinajstić information content (AvgIpc) is 2.69. The van der Waals surface area contributed by atoms with Gasteiger partial charge in [-0.15, -0.1) is 0 Å². The number of carbonyl (C=O) groups is 1. The van der Waals surface area contributed by atoms with Crippen LogP contribution in [0.25, 0.3) is 0 Å². The zero-order valence-electron chi connectivity index (χ0n) is 17.7. The van der Waals surface area contributed by atoms with Crippen molar-refractivity contribution in [3.63, 3.8) is 0 Å². The number of nitrogens with one attached hydrogen (secondary N) is 1. The lowest BCUT2D eigenvalue weighted by Gasteiger charge is -2.28. The van der Waals surface area contributed by atoms with Crippen molar-refractivity contribution in [2.75, 3.05) is 37.2 Å². The van der Waals surface area contributed by atoms with Gasteiger partial charge >= 0.3 is 10.2 Å². The Labute approximate surface area is 182 Å². The van der Waals surface area contributed by atoms with E-state index in [2.05, 4.69) is 5.32 Å². The molecule has 0 saturated heterocycles. The SMILES string of the molecule is Cc1ccc(C)c(N(CC(=O)NCCSCc2ccccc2F)S(=O)(=O)N(C)C)c1. The predicted molar refractivity (Wildman–Crippen MR) is 121 cm³/mol. The third kappa shape index (κ3) is 6.45. The van der Waals surface area contributed by atoms with Gasteiger partial charge in [-0.25, -0.2) is 8.70 Å². The molecule has 0 atom stereocenters. The maximum atomic E-state index is 13.6. The van der Waals surface area contributed by atoms with Gasteiger partial charge in [0.05, 0.1) is 5.69 Å². The number of carbonyl (C=O) groups excluding carboxylic acids is 1. The molecular weight excluding hydrogens is 425 g/mol. The summed E-state index contributed by atoms with van der Waals surface area (Å²) in [7, 11) is -0.973. The van der Waals surface area contributed by atoms with Crippen LogP contribution in [0.3, 0.4) is 0 Å². The van der Waals surface area contributed by atoms with Crippen molar-refractivity contribution in [3.05, 3.63) is 65.0 Å². The number of amides is 1. The molecule has 0 fully saturated rings. The minimum atomic E-state index is -3.84. The van der Waals surface area contributed by atoms with Crippen LogP contribution in [0, 0.1) is 19.7 Å². The minimum absolute atomic E-state index is 0.243. The first kappa shape index (κ1) is 24.2. The van der Waals surface area contributed by atoms with Crippen LogP contribution < -0.4 is 9.62 Å². The van der Waals surface area contributed by atoms with Crippen LogP contribution in [0.15, 0.2) is 42.5 Å². The summed E-state index contributed by atoms with van der Waals surface area (Å²) < 4.78 is 41.5. The number of nitrogens with zero attached hydrogens (tertiary/aromatic N) is 2. The van der Waals surface area contributed by atoms with Crippen molar-refractivity contribution in [3.8, 4) is 0 Å². The Morgan fingerprint density at radius 3 is 2.50 bits per heavy atom. The van der Waals surface area contributed by atoms with E-state index in [1.54, 1.807) is 24.3 Å². The standard InChI is InChI=1S/C21H28FN3O3S2/c1-16-9-10-17(2)20(13-16)25(30(27,28)24(3)4)14-21(26)23-11-12-29-15-18-7-5-6-8-19(18)22/h5-10,13H,11-12,14-15H2,1-4H3,(H,23,26). The van der Waals surface area contributed by atoms with Crippen LogP contribution in [-0.2, 0) is 20.8 Å². The highest BCUT2D eigenvalue weighted by Crippen LogP contribution is 2.25. The van der Waals surface area contributed by atoms with Gasteiger partial charge in [-0.05, 0) is 42.7 Å². The van der Waals surface area contributed by atoms with Gasteiger partial charge < -0.3 is 5.32 Å². The number of hydrogen-bond donors (Lipinski definition) is 1. The Hall–Kier alpha value is -2.10. The molecule has 0 aliphatic rings. The van der Waals surface area contributed by atoms with Gasteiger partial charge in [-0.2, -0.15) is 24.5 Å². The van der Waals surface area contributed by atoms with E-state index in [4.69, 9.17) is 0 Å². The molecule has 0 saturated carbocycles. The smallest absolute Gasteiger partial charge is 0.304 e. The predicted octanol–water partition coefficient (Wildman–Crippen LogP) is 3.10. The van der Waals surface area contributed by atoms with Gasteiger partial charge in [0, 0.05) is 32.1 Å². The van der Waals surface area contributed by atoms with Crippen molar-refractivity contribution in [2.45, 2.75) is 19.6 Å². The van der Waals surface area contributed by atoms with Crippen LogP contribution in [0.1, 0.15) is 16.7 Å². The zero-order chi connectivity index (χ0) is 22.3. The Kier molecular flexibility index (Phi) is 8.69. The van der Waals surface area contributed by atoms with Gasteiger partial charge in [-0.3, -0.25) is 4.79 Å². The normalized spacial score (nSPS) is 11.5. The molecule has 2 aromatic carbocycles. The van der Waals surface area contributed by atoms with E-state index >= 15 is 0 Å². The van der Waals surface area contributed by atoms with E-state index in [1.807, 2.05) is 26.0 Å². The van der Waals surface area contributed by atoms with E-state index < -0.39 is 16.1 Å². The van der Waals surface area contributed by atoms with E-state index in [0.29, 0.717) is 29.3 Å². The summed E-state index contributed by atoms with van der Waals surface area (Å²) in [5.74, 6) is 0.454. The van der Waals surface area contributed by atoms with Crippen LogP contribution in [0.2, 0.25) is 0 Å². The van der Waals surface area contributed by atoms with E-state index in [-0.39, 0.29) is 12.4 Å². The summed E-state index contributed by atoms with van der Waals surface area (Å²) in [4.78, 5) is 12.5. The number of aryl methyl sites for hydroxylation is 2. The van der Waals surface area contributed by atoms with E-state index in [9.17, 15) is 17.6 Å². The highest BCUT2D eigenvalue weighted by molar-refractivity contribution is 7.98. The van der Waals surface area contributed by atoms with Gasteiger partial charge in [0.15, 0.2) is 0 Å². The molecule has 0 unspecified atom stereocenters. The molecule has 1 N–H and O–H groups in total. The Bertz CT molecular complexity index is 981. The van der Waals surface area contributed by atoms with Gasteiger partial charge in [0.25, 0.3) is 0 Å². The molecule has 2 aromatic rings. The number of thioether (sulfide) groups is 1. The molecular formula is C21H28FN3O3S2. The lowest BCUT2D eigenvalue weighted by molar-refractivity contribution is -0.119. The molecule has 1 amide bonds. The first-order valence-electron chi connectivity index (χ1n) is 9.48. The molecule has 0 heterocycles. The average molecular weight is 454 g/mol. The van der Waals surface area contributed by atoms with Crippen LogP contribution in [0.5, 0.6) is 0 Å². The summed E-state index contributed by atoms with van der Waals surface area (Å²) >= 11 is 1.50. The van der Waals surface area contributed by atoms with Crippen molar-refractivity contribution < 1.29 is 17.6 Å². The molecule has 9 heteroatoms. The van der Waals surface area contributed by atoms with Crippen LogP contribution in [-0.4, -0.2) is 51.6 Å². The van der Waals surface area contributed by atoms with Gasteiger partial charge in [0.2, 0.25) is 5.91 Å². The highest BCUT2D eigenvalue weighted by atomic mass is 32.2. The number of halogens is 1. The largest absolute Gasteiger partial charge is 0.354 e. The number of hydrogen-bond acceptors (Lipinski definition) is 4. The van der Waals surface area contributed by atoms with Crippen LogP contribution in [0.4, 0.5) is 10.1 Å². The Morgan fingerprint density at radius 2 is 1.83 bits per heavy atom. The van der Waals surface area contributed by atoms with Gasteiger partial charge in [-0.1, -0.05) is 30.3 Å². The van der Waals surface area contributed by atoms with Crippen LogP contribution >= 0.6 is 11.8 Å². The summed E-state index contributed by atoms with van der Waals surface area (Å²) in [5.41, 5.74) is 2.76. The Morgan fingerprint density at radius 1 is 1.13 bits per heavy atom. The zero-order valence-corrected chi connectivity index (χ0v) is 19.3. The molecule has 6 nitrogen and oxygen atoms in total. The first-order chi connectivity index (χ1) is 14.1. The maximum Gasteiger partial charge on any atom is 0.304 e. The maximum absolute atomic E-state index is 13.6. The summed E-state index contributed by atoms with van der Waals surface area (Å²) in [6, 6.07) is 12.1. The minimum Gasteiger partial charge on any atom is -0.354 e. The molecule has 0 bridgehead atoms. The van der Waals surface area contributed by atoms with Crippen molar-refractivity contribution >= 4 is 33.6 Å². The number of anilines is 1. The molecule has 0 aromatic heterocycles. The monoisotopic (exact) mass is 453 g/mol. The van der Waals surface area contributed by atoms with Crippen molar-refractivity contribution in [1.82, 2.24) is 9.62 Å². The lowest BCUT2D eigenvalue weighted by atomic mass is 10.1. The molecule has 2 rings (SSSR count). The third-order valence-electron chi connectivity index (χ3n) is 4.44. The molecule has 164 valence electrons. The second-order valence-corrected chi connectivity index (χ2v) is 10.3. The molecule has 30 heavy (non-hydrogen) atoms. The number of benzene rings is 2. The second-order valence-electron chi connectivity index (χ2n) is 7.08. The molecule has 0 aliphatic heterocycles. The molecule has 0 aliphatic carbocycles. The summed E-state index contributed by atoms with van der Waals surface area (Å²) in [5, 5.41) is 2.75. The fourth-order valence-corrected chi connectivity index (χ4v) is 4.69. The lowest BCUT2D eigenvalue weighted by Crippen LogP contribution is -2.46. The topological polar surface area (TPSA) is 69.7 Å². The van der Waals surface area contributed by atoms with E-state index in [0.717, 1.165) is 19.7 Å². The van der Waals surface area contributed by atoms with Crippen molar-refractivity contribution in [2.24, 2.45) is 0 Å². The fraction of sp³-hybridized carbons (Fsp3) is 0.381. The third-order valence-corrected chi connectivity index (χ3v) is 7.26. The van der Waals surface area contributed by atoms with Crippen molar-refractivity contribution in [1.29, 1.82) is 0 Å². The highest BCUT2D eigenvalue weighted by Gasteiger charge is 2.28. The number of rotatable bonds is 10. The quantitative estimate of drug-likeness (QED) is 0.561. The second kappa shape index (κ2) is 10.8. The van der Waals surface area contributed by atoms with Gasteiger partial charge in [0.1, 0.15) is 12.4 Å². The molecule has 0 spiro atoms. The Balaban J connectivity index is 1.98. The summed E-state index contributed by atoms with van der Waals surface area (Å²) in [6.07, 6.45) is 0. The first-order valence-corrected chi connectivity index (χ1v) is 12.0. The molecule has 0 radical (unpaired) electrons.